The van der Waals surface area contributed by atoms with Gasteiger partial charge in [-0.3, -0.25) is 0 Å². The first-order valence-electron chi connectivity index (χ1n) is 3.34. The fourth-order valence-electron chi connectivity index (χ4n) is 3.46. The Bertz CT molecular complexity index is 182. The van der Waals surface area contributed by atoms with Crippen molar-refractivity contribution in [3.8, 4) is 0 Å². The van der Waals surface area contributed by atoms with Crippen molar-refractivity contribution in [2.24, 2.45) is 22.7 Å². The van der Waals surface area contributed by atoms with Crippen molar-refractivity contribution in [2.45, 2.75) is 13.8 Å². The van der Waals surface area contributed by atoms with Gasteiger partial charge in [-0.2, -0.15) is 0 Å². The van der Waals surface area contributed by atoms with Gasteiger partial charge in [-0.25, -0.2) is 0 Å². The van der Waals surface area contributed by atoms with E-state index in [-0.39, 0.29) is 0 Å². The third kappa shape index (κ3) is 0.0955. The minimum atomic E-state index is 0.782. The lowest BCUT2D eigenvalue weighted by atomic mass is 9.69. The van der Waals surface area contributed by atoms with E-state index in [0.29, 0.717) is 0 Å². The van der Waals surface area contributed by atoms with Crippen molar-refractivity contribution in [3.63, 3.8) is 0 Å². The second kappa shape index (κ2) is 0.516. The van der Waals surface area contributed by atoms with Crippen LogP contribution in [-0.4, -0.2) is 0 Å². The van der Waals surface area contributed by atoms with Crippen molar-refractivity contribution < 1.29 is 0 Å². The van der Waals surface area contributed by atoms with Crippen molar-refractivity contribution in [2.75, 3.05) is 0 Å². The summed E-state index contributed by atoms with van der Waals surface area (Å²) in [6, 6.07) is 0. The van der Waals surface area contributed by atoms with Crippen molar-refractivity contribution >= 4 is 0 Å². The SMILES string of the molecule is C=C1C2C3(C)C1C23C. The summed E-state index contributed by atoms with van der Waals surface area (Å²) in [7, 11) is 0. The maximum absolute atomic E-state index is 4.00. The van der Waals surface area contributed by atoms with E-state index >= 15 is 0 Å². The van der Waals surface area contributed by atoms with Gasteiger partial charge < -0.3 is 0 Å². The molecule has 0 heteroatoms. The Labute approximate surface area is 49.6 Å². The molecule has 0 aromatic heterocycles. The third-order valence-corrected chi connectivity index (χ3v) is 4.13. The highest BCUT2D eigenvalue weighted by Crippen LogP contribution is 3.06. The highest BCUT2D eigenvalue weighted by molar-refractivity contribution is 5.63. The monoisotopic (exact) mass is 106 g/mol. The second-order valence-corrected chi connectivity index (χ2v) is 4.01. The summed E-state index contributed by atoms with van der Waals surface area (Å²) < 4.78 is 0. The van der Waals surface area contributed by atoms with Crippen molar-refractivity contribution in [1.29, 1.82) is 0 Å². The van der Waals surface area contributed by atoms with Gasteiger partial charge in [-0.15, -0.1) is 0 Å². The summed E-state index contributed by atoms with van der Waals surface area (Å²) in [6.45, 7) is 8.80. The normalized spacial score (nSPS) is 80.5. The molecule has 4 rings (SSSR count). The minimum absolute atomic E-state index is 0.782. The molecule has 0 spiro atoms. The molecule has 4 aliphatic rings. The van der Waals surface area contributed by atoms with Gasteiger partial charge in [-0.05, 0) is 22.7 Å². The first kappa shape index (κ1) is 3.71. The molecule has 4 saturated carbocycles. The van der Waals surface area contributed by atoms with Crippen LogP contribution in [0, 0.1) is 22.7 Å². The Morgan fingerprint density at radius 1 is 1.25 bits per heavy atom. The highest BCUT2D eigenvalue weighted by Gasteiger charge is 3.02. The summed E-state index contributed by atoms with van der Waals surface area (Å²) in [5.41, 5.74) is 3.11. The lowest BCUT2D eigenvalue weighted by molar-refractivity contribution is 0.294. The molecular weight excluding hydrogens is 96.1 g/mol. The summed E-state index contributed by atoms with van der Waals surface area (Å²) in [4.78, 5) is 0. The van der Waals surface area contributed by atoms with Gasteiger partial charge in [0.25, 0.3) is 0 Å². The zero-order valence-corrected chi connectivity index (χ0v) is 5.36. The maximum Gasteiger partial charge on any atom is -0.00715 e. The molecule has 0 atom stereocenters. The van der Waals surface area contributed by atoms with Crippen LogP contribution in [0.5, 0.6) is 0 Å². The summed E-state index contributed by atoms with van der Waals surface area (Å²) in [5.74, 6) is 1.92. The summed E-state index contributed by atoms with van der Waals surface area (Å²) in [5, 5.41) is 0. The average molecular weight is 106 g/mol. The van der Waals surface area contributed by atoms with E-state index in [2.05, 4.69) is 20.4 Å². The molecule has 8 heavy (non-hydrogen) atoms. The lowest BCUT2D eigenvalue weighted by Crippen LogP contribution is -2.28. The number of rotatable bonds is 0. The first-order valence-corrected chi connectivity index (χ1v) is 3.34. The molecule has 4 fully saturated rings. The van der Waals surface area contributed by atoms with Crippen molar-refractivity contribution in [1.82, 2.24) is 0 Å². The van der Waals surface area contributed by atoms with Crippen molar-refractivity contribution in [3.05, 3.63) is 12.2 Å². The molecular formula is C8H10. The molecule has 0 radical (unpaired) electrons. The Morgan fingerprint density at radius 2 is 1.62 bits per heavy atom. The molecule has 2 bridgehead atoms. The van der Waals surface area contributed by atoms with Crippen LogP contribution in [0.4, 0.5) is 0 Å². The number of allylic oxidation sites excluding steroid dienone is 1. The van der Waals surface area contributed by atoms with Crippen LogP contribution in [-0.2, 0) is 0 Å². The number of hydrogen-bond donors (Lipinski definition) is 0. The van der Waals surface area contributed by atoms with Gasteiger partial charge in [0, 0.05) is 0 Å². The smallest absolute Gasteiger partial charge is 0.00715 e. The van der Waals surface area contributed by atoms with E-state index < -0.39 is 0 Å². The third-order valence-electron chi connectivity index (χ3n) is 4.13. The molecule has 0 aliphatic heterocycles. The van der Waals surface area contributed by atoms with Gasteiger partial charge in [0.15, 0.2) is 0 Å². The van der Waals surface area contributed by atoms with Crippen LogP contribution >= 0.6 is 0 Å². The second-order valence-electron chi connectivity index (χ2n) is 4.01. The van der Waals surface area contributed by atoms with E-state index in [4.69, 9.17) is 0 Å². The summed E-state index contributed by atoms with van der Waals surface area (Å²) >= 11 is 0. The van der Waals surface area contributed by atoms with Crippen LogP contribution in [0.25, 0.3) is 0 Å². The molecule has 0 unspecified atom stereocenters. The van der Waals surface area contributed by atoms with E-state index in [1.807, 2.05) is 0 Å². The van der Waals surface area contributed by atoms with Gasteiger partial charge in [0.1, 0.15) is 0 Å². The van der Waals surface area contributed by atoms with Crippen LogP contribution in [0.15, 0.2) is 12.2 Å². The lowest BCUT2D eigenvalue weighted by Gasteiger charge is -2.35. The Kier molecular flexibility index (Phi) is 0.239. The topological polar surface area (TPSA) is 0 Å². The molecule has 0 aromatic rings. The van der Waals surface area contributed by atoms with Crippen LogP contribution < -0.4 is 0 Å². The highest BCUT2D eigenvalue weighted by atomic mass is 15.1. The molecule has 0 N–H and O–H groups in total. The Balaban J connectivity index is 2.19. The van der Waals surface area contributed by atoms with E-state index in [1.165, 1.54) is 0 Å². The zero-order chi connectivity index (χ0) is 5.73. The van der Waals surface area contributed by atoms with Gasteiger partial charge in [-0.1, -0.05) is 26.0 Å². The van der Waals surface area contributed by atoms with Crippen LogP contribution in [0.2, 0.25) is 0 Å². The molecule has 42 valence electrons. The fourth-order valence-corrected chi connectivity index (χ4v) is 3.46. The molecule has 4 aliphatic carbocycles. The van der Waals surface area contributed by atoms with Crippen LogP contribution in [0.3, 0.4) is 0 Å². The Morgan fingerprint density at radius 3 is 1.62 bits per heavy atom. The molecule has 0 amide bonds. The Hall–Kier alpha value is -0.260. The van der Waals surface area contributed by atoms with Crippen LogP contribution in [0.1, 0.15) is 13.8 Å². The molecule has 0 saturated heterocycles. The standard InChI is InChI=1S/C8H10/c1-4-5-7(2)6(4)8(5,7)3/h5-6H,1H2,2-3H3. The van der Waals surface area contributed by atoms with Gasteiger partial charge >= 0.3 is 0 Å². The largest absolute Gasteiger partial charge is 0.0992 e. The number of hydrogen-bond acceptors (Lipinski definition) is 0. The average Bonchev–Trinajstić information content (AvgIpc) is 2.19. The quantitative estimate of drug-likeness (QED) is 0.413. The van der Waals surface area contributed by atoms with E-state index in [1.54, 1.807) is 5.57 Å². The molecule has 0 heterocycles. The van der Waals surface area contributed by atoms with E-state index in [9.17, 15) is 0 Å². The minimum Gasteiger partial charge on any atom is -0.0992 e. The summed E-state index contributed by atoms with van der Waals surface area (Å²) in [6.07, 6.45) is 0. The predicted octanol–water partition coefficient (Wildman–Crippen LogP) is 1.83. The van der Waals surface area contributed by atoms with E-state index in [0.717, 1.165) is 22.7 Å². The molecule has 0 nitrogen and oxygen atoms in total. The first-order chi connectivity index (χ1) is 3.65. The van der Waals surface area contributed by atoms with Gasteiger partial charge in [0.05, 0.1) is 0 Å². The zero-order valence-electron chi connectivity index (χ0n) is 5.36. The fraction of sp³-hybridized carbons (Fsp3) is 0.750. The maximum atomic E-state index is 4.00. The predicted molar refractivity (Wildman–Crippen MR) is 32.3 cm³/mol. The molecule has 0 aromatic carbocycles. The van der Waals surface area contributed by atoms with Gasteiger partial charge in [0.2, 0.25) is 0 Å².